The van der Waals surface area contributed by atoms with Gasteiger partial charge in [0, 0.05) is 12.4 Å². The van der Waals surface area contributed by atoms with Gasteiger partial charge >= 0.3 is 5.97 Å². The number of aryl methyl sites for hydroxylation is 1. The summed E-state index contributed by atoms with van der Waals surface area (Å²) in [4.78, 5) is 10.8. The van der Waals surface area contributed by atoms with Gasteiger partial charge in [0.25, 0.3) is 0 Å². The molecule has 0 aliphatic carbocycles. The Kier molecular flexibility index (Phi) is 2.17. The van der Waals surface area contributed by atoms with Crippen molar-refractivity contribution in [1.29, 1.82) is 0 Å². The first-order chi connectivity index (χ1) is 7.11. The number of aromatic nitrogens is 2. The molecule has 0 radical (unpaired) electrons. The lowest BCUT2D eigenvalue weighted by molar-refractivity contribution is -0.138. The summed E-state index contributed by atoms with van der Waals surface area (Å²) in [6, 6.07) is 6.33. The number of rotatable bonds is 2. The average molecular weight is 205 g/mol. The van der Waals surface area contributed by atoms with E-state index < -0.39 is 12.0 Å². The van der Waals surface area contributed by atoms with Crippen LogP contribution in [0.15, 0.2) is 24.3 Å². The summed E-state index contributed by atoms with van der Waals surface area (Å²) in [5, 5.41) is 13.7. The van der Waals surface area contributed by atoms with Crippen LogP contribution in [0.2, 0.25) is 0 Å². The summed E-state index contributed by atoms with van der Waals surface area (Å²) in [6.07, 6.45) is 0. The molecule has 0 bridgehead atoms. The lowest BCUT2D eigenvalue weighted by Gasteiger charge is -2.01. The van der Waals surface area contributed by atoms with Crippen LogP contribution < -0.4 is 5.73 Å². The number of carbonyl (C=O) groups is 1. The van der Waals surface area contributed by atoms with Crippen LogP contribution in [0.4, 0.5) is 0 Å². The lowest BCUT2D eigenvalue weighted by Crippen LogP contribution is -2.21. The third-order valence-corrected chi connectivity index (χ3v) is 2.35. The van der Waals surface area contributed by atoms with E-state index in [2.05, 4.69) is 5.10 Å². The SMILES string of the molecule is Cn1nc(C(N)C(=O)O)c2ccccc21. The molecule has 0 fully saturated rings. The minimum absolute atomic E-state index is 0.403. The molecule has 3 N–H and O–H groups in total. The van der Waals surface area contributed by atoms with E-state index in [0.717, 1.165) is 10.9 Å². The zero-order chi connectivity index (χ0) is 11.0. The number of hydrogen-bond acceptors (Lipinski definition) is 3. The van der Waals surface area contributed by atoms with Crippen LogP contribution in [0.5, 0.6) is 0 Å². The topological polar surface area (TPSA) is 81.1 Å². The maximum Gasteiger partial charge on any atom is 0.326 e. The maximum absolute atomic E-state index is 10.8. The van der Waals surface area contributed by atoms with Gasteiger partial charge in [0.1, 0.15) is 6.04 Å². The molecule has 1 atom stereocenters. The fourth-order valence-electron chi connectivity index (χ4n) is 1.59. The van der Waals surface area contributed by atoms with Crippen LogP contribution in [0.3, 0.4) is 0 Å². The number of carboxylic acid groups (broad SMARTS) is 1. The lowest BCUT2D eigenvalue weighted by atomic mass is 10.1. The Morgan fingerprint density at radius 2 is 2.20 bits per heavy atom. The average Bonchev–Trinajstić information content (AvgIpc) is 2.56. The van der Waals surface area contributed by atoms with E-state index in [4.69, 9.17) is 10.8 Å². The molecular weight excluding hydrogens is 194 g/mol. The van der Waals surface area contributed by atoms with Crippen LogP contribution in [0.25, 0.3) is 10.9 Å². The molecule has 1 aromatic carbocycles. The van der Waals surface area contributed by atoms with E-state index in [1.165, 1.54) is 0 Å². The third kappa shape index (κ3) is 1.46. The molecule has 78 valence electrons. The molecule has 0 saturated heterocycles. The Morgan fingerprint density at radius 3 is 2.87 bits per heavy atom. The second kappa shape index (κ2) is 3.36. The Bertz CT molecular complexity index is 518. The second-order valence-electron chi connectivity index (χ2n) is 3.34. The predicted octanol–water partition coefficient (Wildman–Crippen LogP) is 0.658. The number of nitrogens with two attached hydrogens (primary N) is 1. The van der Waals surface area contributed by atoms with Crippen molar-refractivity contribution in [3.05, 3.63) is 30.0 Å². The van der Waals surface area contributed by atoms with Crippen LogP contribution in [0.1, 0.15) is 11.7 Å². The van der Waals surface area contributed by atoms with Crippen molar-refractivity contribution in [3.63, 3.8) is 0 Å². The highest BCUT2D eigenvalue weighted by atomic mass is 16.4. The summed E-state index contributed by atoms with van der Waals surface area (Å²) in [6.45, 7) is 0. The third-order valence-electron chi connectivity index (χ3n) is 2.35. The summed E-state index contributed by atoms with van der Waals surface area (Å²) in [5.41, 5.74) is 6.82. The number of benzene rings is 1. The van der Waals surface area contributed by atoms with Crippen molar-refractivity contribution in [2.45, 2.75) is 6.04 Å². The molecule has 1 unspecified atom stereocenters. The fraction of sp³-hybridized carbons (Fsp3) is 0.200. The number of carboxylic acids is 1. The summed E-state index contributed by atoms with van der Waals surface area (Å²) in [7, 11) is 1.76. The molecule has 0 aliphatic heterocycles. The standard InChI is InChI=1S/C10H11N3O2/c1-13-7-5-3-2-4-6(7)9(12-13)8(11)10(14)15/h2-5,8H,11H2,1H3,(H,14,15). The first-order valence-corrected chi connectivity index (χ1v) is 4.51. The fourth-order valence-corrected chi connectivity index (χ4v) is 1.59. The minimum Gasteiger partial charge on any atom is -0.480 e. The van der Waals surface area contributed by atoms with E-state index in [9.17, 15) is 4.79 Å². The molecule has 0 aliphatic rings. The smallest absolute Gasteiger partial charge is 0.326 e. The highest BCUT2D eigenvalue weighted by molar-refractivity contribution is 5.87. The highest BCUT2D eigenvalue weighted by Crippen LogP contribution is 2.21. The van der Waals surface area contributed by atoms with E-state index in [1.54, 1.807) is 11.7 Å². The molecule has 2 rings (SSSR count). The van der Waals surface area contributed by atoms with Crippen LogP contribution in [-0.4, -0.2) is 20.9 Å². The summed E-state index contributed by atoms with van der Waals surface area (Å²) >= 11 is 0. The van der Waals surface area contributed by atoms with E-state index >= 15 is 0 Å². The number of para-hydroxylation sites is 1. The van der Waals surface area contributed by atoms with E-state index in [1.807, 2.05) is 24.3 Å². The van der Waals surface area contributed by atoms with Gasteiger partial charge in [-0.3, -0.25) is 9.48 Å². The van der Waals surface area contributed by atoms with Gasteiger partial charge in [-0.2, -0.15) is 5.10 Å². The number of fused-ring (bicyclic) bond motifs is 1. The molecule has 0 spiro atoms. The van der Waals surface area contributed by atoms with Gasteiger partial charge in [-0.05, 0) is 6.07 Å². The van der Waals surface area contributed by atoms with Crippen LogP contribution in [-0.2, 0) is 11.8 Å². The van der Waals surface area contributed by atoms with Gasteiger partial charge in [-0.25, -0.2) is 0 Å². The van der Waals surface area contributed by atoms with Gasteiger partial charge in [0.15, 0.2) is 0 Å². The zero-order valence-electron chi connectivity index (χ0n) is 8.21. The van der Waals surface area contributed by atoms with Gasteiger partial charge in [0.2, 0.25) is 0 Å². The second-order valence-corrected chi connectivity index (χ2v) is 3.34. The minimum atomic E-state index is -1.07. The molecule has 15 heavy (non-hydrogen) atoms. The van der Waals surface area contributed by atoms with Gasteiger partial charge in [0.05, 0.1) is 11.2 Å². The molecule has 5 heteroatoms. The van der Waals surface area contributed by atoms with Crippen molar-refractivity contribution in [3.8, 4) is 0 Å². The zero-order valence-corrected chi connectivity index (χ0v) is 8.21. The Labute approximate surface area is 86.1 Å². The molecule has 2 aromatic rings. The predicted molar refractivity (Wildman–Crippen MR) is 55.3 cm³/mol. The summed E-state index contributed by atoms with van der Waals surface area (Å²) in [5.74, 6) is -1.07. The highest BCUT2D eigenvalue weighted by Gasteiger charge is 2.20. The molecule has 1 aromatic heterocycles. The summed E-state index contributed by atoms with van der Waals surface area (Å²) < 4.78 is 1.63. The Balaban J connectivity index is 2.67. The molecule has 1 heterocycles. The van der Waals surface area contributed by atoms with Crippen molar-refractivity contribution in [2.24, 2.45) is 12.8 Å². The monoisotopic (exact) mass is 205 g/mol. The molecule has 0 saturated carbocycles. The van der Waals surface area contributed by atoms with Gasteiger partial charge in [-0.1, -0.05) is 18.2 Å². The van der Waals surface area contributed by atoms with Gasteiger partial charge < -0.3 is 10.8 Å². The van der Waals surface area contributed by atoms with Crippen molar-refractivity contribution >= 4 is 16.9 Å². The maximum atomic E-state index is 10.8. The number of aliphatic carboxylic acids is 1. The largest absolute Gasteiger partial charge is 0.480 e. The normalized spacial score (nSPS) is 12.9. The molecule has 5 nitrogen and oxygen atoms in total. The Morgan fingerprint density at radius 1 is 1.53 bits per heavy atom. The van der Waals surface area contributed by atoms with E-state index in [-0.39, 0.29) is 0 Å². The van der Waals surface area contributed by atoms with Crippen molar-refractivity contribution < 1.29 is 9.90 Å². The number of hydrogen-bond donors (Lipinski definition) is 2. The first-order valence-electron chi connectivity index (χ1n) is 4.51. The quantitative estimate of drug-likeness (QED) is 0.754. The molecular formula is C10H11N3O2. The van der Waals surface area contributed by atoms with Gasteiger partial charge in [-0.15, -0.1) is 0 Å². The van der Waals surface area contributed by atoms with Crippen molar-refractivity contribution in [2.75, 3.05) is 0 Å². The van der Waals surface area contributed by atoms with Crippen molar-refractivity contribution in [1.82, 2.24) is 9.78 Å². The Hall–Kier alpha value is -1.88. The van der Waals surface area contributed by atoms with Crippen LogP contribution >= 0.6 is 0 Å². The first kappa shape index (κ1) is 9.67. The van der Waals surface area contributed by atoms with Crippen LogP contribution in [0, 0.1) is 0 Å². The number of nitrogens with zero attached hydrogens (tertiary/aromatic N) is 2. The molecule has 0 amide bonds. The van der Waals surface area contributed by atoms with E-state index in [0.29, 0.717) is 5.69 Å².